The molecule has 1 N–H and O–H groups in total. The number of benzene rings is 2. The molecule has 0 bridgehead atoms. The van der Waals surface area contributed by atoms with Crippen molar-refractivity contribution in [1.82, 2.24) is 19.6 Å². The molecule has 1 fully saturated rings. The Labute approximate surface area is 232 Å². The van der Waals surface area contributed by atoms with Crippen molar-refractivity contribution in [2.45, 2.75) is 51.5 Å². The van der Waals surface area contributed by atoms with Crippen LogP contribution in [0.2, 0.25) is 0 Å². The zero-order valence-electron chi connectivity index (χ0n) is 22.0. The molecule has 0 spiro atoms. The predicted octanol–water partition coefficient (Wildman–Crippen LogP) is 4.13. The van der Waals surface area contributed by atoms with Crippen LogP contribution in [-0.4, -0.2) is 76.1 Å². The number of aliphatic hydroxyl groups excluding tert-OH is 1. The number of hydrogen-bond acceptors (Lipinski definition) is 6. The van der Waals surface area contributed by atoms with Gasteiger partial charge in [0.1, 0.15) is 17.6 Å². The van der Waals surface area contributed by atoms with Crippen LogP contribution >= 0.6 is 15.9 Å². The van der Waals surface area contributed by atoms with Gasteiger partial charge in [-0.1, -0.05) is 28.1 Å². The topological polar surface area (TPSA) is 80.1 Å². The van der Waals surface area contributed by atoms with Crippen molar-refractivity contribution in [1.29, 1.82) is 0 Å². The van der Waals surface area contributed by atoms with Crippen LogP contribution in [0.25, 0.3) is 11.3 Å². The minimum Gasteiger partial charge on any atom is -0.497 e. The highest BCUT2D eigenvalue weighted by atomic mass is 79.9. The lowest BCUT2D eigenvalue weighted by molar-refractivity contribution is -0.129. The molecule has 1 amide bonds. The number of nitrogens with zero attached hydrogens (tertiary/aromatic N) is 4. The second-order valence-corrected chi connectivity index (χ2v) is 11.0. The molecule has 2 aromatic carbocycles. The fourth-order valence-corrected chi connectivity index (χ4v) is 5.63. The number of piperidine rings is 1. The first-order chi connectivity index (χ1) is 18.4. The molecule has 5 rings (SSSR count). The number of ether oxygens (including phenoxy) is 2. The van der Waals surface area contributed by atoms with Crippen LogP contribution < -0.4 is 9.47 Å². The first-order valence-corrected chi connectivity index (χ1v) is 14.0. The van der Waals surface area contributed by atoms with Crippen LogP contribution in [0.3, 0.4) is 0 Å². The number of likely N-dealkylation sites (tertiary alicyclic amines) is 1. The van der Waals surface area contributed by atoms with E-state index < -0.39 is 6.10 Å². The largest absolute Gasteiger partial charge is 0.497 e. The first kappa shape index (κ1) is 26.7. The Balaban J connectivity index is 1.21. The number of aliphatic hydroxyl groups is 1. The lowest BCUT2D eigenvalue weighted by Crippen LogP contribution is -2.43. The predicted molar refractivity (Wildman–Crippen MR) is 149 cm³/mol. The summed E-state index contributed by atoms with van der Waals surface area (Å²) in [5.41, 5.74) is 4.10. The van der Waals surface area contributed by atoms with Crippen LogP contribution in [-0.2, 0) is 24.3 Å². The molecule has 3 aromatic rings. The van der Waals surface area contributed by atoms with Crippen LogP contribution in [0.1, 0.15) is 31.0 Å². The van der Waals surface area contributed by atoms with Crippen molar-refractivity contribution in [3.8, 4) is 22.8 Å². The zero-order valence-corrected chi connectivity index (χ0v) is 23.6. The van der Waals surface area contributed by atoms with Gasteiger partial charge < -0.3 is 24.4 Å². The highest BCUT2D eigenvalue weighted by Gasteiger charge is 2.28. The molecule has 3 heterocycles. The zero-order chi connectivity index (χ0) is 26.6. The molecule has 9 heteroatoms. The van der Waals surface area contributed by atoms with Gasteiger partial charge in [-0.15, -0.1) is 0 Å². The minimum absolute atomic E-state index is 0.0737. The summed E-state index contributed by atoms with van der Waals surface area (Å²) in [6.45, 7) is 5.63. The highest BCUT2D eigenvalue weighted by Crippen LogP contribution is 2.31. The van der Waals surface area contributed by atoms with Gasteiger partial charge >= 0.3 is 0 Å². The van der Waals surface area contributed by atoms with E-state index in [4.69, 9.17) is 14.6 Å². The number of halogens is 1. The van der Waals surface area contributed by atoms with E-state index in [1.54, 1.807) is 14.0 Å². The Morgan fingerprint density at radius 3 is 2.39 bits per heavy atom. The number of carbonyl (C=O) groups excluding carboxylic acids is 1. The summed E-state index contributed by atoms with van der Waals surface area (Å²) in [6, 6.07) is 15.8. The molecular formula is C29H35BrN4O4. The molecule has 202 valence electrons. The minimum atomic E-state index is -0.540. The second-order valence-electron chi connectivity index (χ2n) is 10.1. The van der Waals surface area contributed by atoms with E-state index in [0.717, 1.165) is 70.8 Å². The standard InChI is InChI=1S/C29H35BrN4O4/c1-20(35)33-16-13-28-27(19-33)29(21-3-5-22(30)6-4-21)31-34(28)18-23(36)17-32-14-11-26(12-15-32)38-25-9-7-24(37-2)8-10-25/h3-10,23,26,36H,11-19H2,1-2H3. The molecule has 8 nitrogen and oxygen atoms in total. The van der Waals surface area contributed by atoms with Crippen molar-refractivity contribution in [3.05, 3.63) is 64.3 Å². The molecule has 1 atom stereocenters. The Morgan fingerprint density at radius 2 is 1.74 bits per heavy atom. The third-order valence-corrected chi connectivity index (χ3v) is 7.98. The maximum Gasteiger partial charge on any atom is 0.219 e. The van der Waals surface area contributed by atoms with Gasteiger partial charge in [0.15, 0.2) is 0 Å². The number of carbonyl (C=O) groups is 1. The van der Waals surface area contributed by atoms with E-state index in [0.29, 0.717) is 26.2 Å². The van der Waals surface area contributed by atoms with E-state index in [1.807, 2.05) is 58.1 Å². The third kappa shape index (κ3) is 6.22. The molecule has 2 aliphatic rings. The highest BCUT2D eigenvalue weighted by molar-refractivity contribution is 9.10. The molecule has 1 unspecified atom stereocenters. The van der Waals surface area contributed by atoms with Crippen LogP contribution in [0.5, 0.6) is 11.5 Å². The summed E-state index contributed by atoms with van der Waals surface area (Å²) in [5.74, 6) is 1.75. The number of methoxy groups -OCH3 is 1. The summed E-state index contributed by atoms with van der Waals surface area (Å²) < 4.78 is 14.3. The molecule has 1 aromatic heterocycles. The third-order valence-electron chi connectivity index (χ3n) is 7.45. The average molecular weight is 584 g/mol. The lowest BCUT2D eigenvalue weighted by Gasteiger charge is -2.33. The van der Waals surface area contributed by atoms with E-state index >= 15 is 0 Å². The van der Waals surface area contributed by atoms with Gasteiger partial charge in [0.2, 0.25) is 5.91 Å². The van der Waals surface area contributed by atoms with Crippen molar-refractivity contribution in [2.75, 3.05) is 33.3 Å². The van der Waals surface area contributed by atoms with Crippen LogP contribution in [0.4, 0.5) is 0 Å². The van der Waals surface area contributed by atoms with E-state index in [-0.39, 0.29) is 12.0 Å². The summed E-state index contributed by atoms with van der Waals surface area (Å²) in [5, 5.41) is 16.0. The van der Waals surface area contributed by atoms with Crippen LogP contribution in [0.15, 0.2) is 53.0 Å². The molecule has 0 aliphatic carbocycles. The fourth-order valence-electron chi connectivity index (χ4n) is 5.36. The van der Waals surface area contributed by atoms with Gasteiger partial charge in [-0.05, 0) is 49.2 Å². The van der Waals surface area contributed by atoms with Crippen molar-refractivity contribution in [2.24, 2.45) is 0 Å². The quantitative estimate of drug-likeness (QED) is 0.430. The molecule has 38 heavy (non-hydrogen) atoms. The number of fused-ring (bicyclic) bond motifs is 1. The van der Waals surface area contributed by atoms with Crippen LogP contribution in [0, 0.1) is 0 Å². The molecule has 1 saturated heterocycles. The first-order valence-electron chi connectivity index (χ1n) is 13.2. The Hall–Kier alpha value is -2.88. The summed E-state index contributed by atoms with van der Waals surface area (Å²) in [6.07, 6.45) is 2.21. The normalized spacial score (nSPS) is 17.2. The number of amides is 1. The fraction of sp³-hybridized carbons (Fsp3) is 0.448. The summed E-state index contributed by atoms with van der Waals surface area (Å²) in [7, 11) is 1.66. The Morgan fingerprint density at radius 1 is 1.05 bits per heavy atom. The average Bonchev–Trinajstić information content (AvgIpc) is 3.28. The van der Waals surface area contributed by atoms with Crippen molar-refractivity contribution >= 4 is 21.8 Å². The molecule has 0 saturated carbocycles. The van der Waals surface area contributed by atoms with Gasteiger partial charge in [-0.3, -0.25) is 9.48 Å². The van der Waals surface area contributed by atoms with Gasteiger partial charge in [0, 0.05) is 67.4 Å². The number of β-amino-alcohol motifs (C(OH)–C–C–N with tert-alkyl or cyclic N) is 1. The Bertz CT molecular complexity index is 1240. The van der Waals surface area contributed by atoms with Gasteiger partial charge in [-0.25, -0.2) is 0 Å². The molecular weight excluding hydrogens is 548 g/mol. The maximum absolute atomic E-state index is 12.1. The molecule has 0 radical (unpaired) electrons. The Kier molecular flexibility index (Phi) is 8.35. The lowest BCUT2D eigenvalue weighted by atomic mass is 10.0. The summed E-state index contributed by atoms with van der Waals surface area (Å²) >= 11 is 3.50. The van der Waals surface area contributed by atoms with Gasteiger partial charge in [0.25, 0.3) is 0 Å². The van der Waals surface area contributed by atoms with E-state index in [2.05, 4.69) is 20.8 Å². The smallest absolute Gasteiger partial charge is 0.219 e. The van der Waals surface area contributed by atoms with Crippen molar-refractivity contribution in [3.63, 3.8) is 0 Å². The van der Waals surface area contributed by atoms with E-state index in [1.165, 1.54) is 0 Å². The number of rotatable bonds is 8. The monoisotopic (exact) mass is 582 g/mol. The number of aromatic nitrogens is 2. The van der Waals surface area contributed by atoms with Crippen molar-refractivity contribution < 1.29 is 19.4 Å². The molecule has 2 aliphatic heterocycles. The summed E-state index contributed by atoms with van der Waals surface area (Å²) in [4.78, 5) is 16.3. The maximum atomic E-state index is 12.1. The van der Waals surface area contributed by atoms with E-state index in [9.17, 15) is 9.90 Å². The second kappa shape index (κ2) is 11.9. The van der Waals surface area contributed by atoms with Gasteiger partial charge in [-0.2, -0.15) is 5.10 Å². The van der Waals surface area contributed by atoms with Gasteiger partial charge in [0.05, 0.1) is 25.5 Å². The number of hydrogen-bond donors (Lipinski definition) is 1. The SMILES string of the molecule is COc1ccc(OC2CCN(CC(O)Cn3nc(-c4ccc(Br)cc4)c4c3CCN(C(C)=O)C4)CC2)cc1.